The van der Waals surface area contributed by atoms with E-state index in [1.807, 2.05) is 4.90 Å². The third kappa shape index (κ3) is 2.96. The topological polar surface area (TPSA) is 53.4 Å². The van der Waals surface area contributed by atoms with Gasteiger partial charge in [0.15, 0.2) is 0 Å². The van der Waals surface area contributed by atoms with Gasteiger partial charge in [-0.1, -0.05) is 17.7 Å². The first-order chi connectivity index (χ1) is 10.5. The Morgan fingerprint density at radius 3 is 3.00 bits per heavy atom. The first-order valence-electron chi connectivity index (χ1n) is 6.86. The van der Waals surface area contributed by atoms with Gasteiger partial charge in [0.2, 0.25) is 0 Å². The van der Waals surface area contributed by atoms with Crippen LogP contribution in [0.4, 0.5) is 4.39 Å². The van der Waals surface area contributed by atoms with Gasteiger partial charge in [0.05, 0.1) is 12.1 Å². The number of benzene rings is 1. The summed E-state index contributed by atoms with van der Waals surface area (Å²) in [5, 5.41) is 10.0. The lowest BCUT2D eigenvalue weighted by atomic mass is 9.89. The third-order valence-electron chi connectivity index (χ3n) is 3.86. The summed E-state index contributed by atoms with van der Waals surface area (Å²) >= 11 is 6.00. The summed E-state index contributed by atoms with van der Waals surface area (Å²) in [5.74, 6) is -1.90. The molecule has 1 unspecified atom stereocenters. The molecular weight excluding hydrogens is 307 g/mol. The number of aliphatic carboxylic acids is 1. The van der Waals surface area contributed by atoms with Crippen molar-refractivity contribution in [3.05, 3.63) is 64.2 Å². The van der Waals surface area contributed by atoms with Crippen LogP contribution in [-0.2, 0) is 17.9 Å². The van der Waals surface area contributed by atoms with Crippen LogP contribution in [0.5, 0.6) is 0 Å². The van der Waals surface area contributed by atoms with Gasteiger partial charge in [0, 0.05) is 36.4 Å². The quantitative estimate of drug-likeness (QED) is 0.944. The van der Waals surface area contributed by atoms with Crippen molar-refractivity contribution in [1.29, 1.82) is 0 Å². The fourth-order valence-electron chi connectivity index (χ4n) is 2.82. The number of halogens is 2. The molecule has 1 atom stereocenters. The van der Waals surface area contributed by atoms with Gasteiger partial charge < -0.3 is 5.11 Å². The zero-order valence-electron chi connectivity index (χ0n) is 11.7. The highest BCUT2D eigenvalue weighted by Crippen LogP contribution is 2.31. The highest BCUT2D eigenvalue weighted by Gasteiger charge is 2.30. The zero-order valence-corrected chi connectivity index (χ0v) is 12.4. The van der Waals surface area contributed by atoms with Crippen molar-refractivity contribution in [2.45, 2.75) is 19.0 Å². The molecule has 0 spiro atoms. The van der Waals surface area contributed by atoms with Gasteiger partial charge in [-0.15, -0.1) is 0 Å². The number of nitrogens with zero attached hydrogens (tertiary/aromatic N) is 2. The van der Waals surface area contributed by atoms with Crippen molar-refractivity contribution in [2.24, 2.45) is 0 Å². The molecule has 0 radical (unpaired) electrons. The summed E-state index contributed by atoms with van der Waals surface area (Å²) in [6.45, 7) is 1.22. The molecule has 0 saturated carbocycles. The molecule has 2 aromatic rings. The van der Waals surface area contributed by atoms with E-state index in [1.54, 1.807) is 24.3 Å². The average molecular weight is 321 g/mol. The summed E-state index contributed by atoms with van der Waals surface area (Å²) < 4.78 is 13.7. The second-order valence-electron chi connectivity index (χ2n) is 5.37. The number of aromatic nitrogens is 1. The first kappa shape index (κ1) is 14.9. The Kier molecular flexibility index (Phi) is 4.09. The molecule has 0 aliphatic carbocycles. The standard InChI is InChI=1S/C16H14ClFN2O2/c17-12-1-2-13-11(5-12)8-20(9-14(13)16(21)22)7-10-3-4-19-6-15(10)18/h1-6,14H,7-9H2,(H,21,22). The normalized spacial score (nSPS) is 18.0. The maximum atomic E-state index is 13.7. The molecule has 1 aliphatic heterocycles. The Morgan fingerprint density at radius 2 is 2.27 bits per heavy atom. The molecule has 1 aromatic carbocycles. The number of carbonyl (C=O) groups is 1. The molecule has 0 fully saturated rings. The number of hydrogen-bond donors (Lipinski definition) is 1. The fourth-order valence-corrected chi connectivity index (χ4v) is 3.01. The predicted molar refractivity (Wildman–Crippen MR) is 80.1 cm³/mol. The predicted octanol–water partition coefficient (Wildman–Crippen LogP) is 3.06. The van der Waals surface area contributed by atoms with E-state index in [-0.39, 0.29) is 5.82 Å². The van der Waals surface area contributed by atoms with E-state index in [9.17, 15) is 14.3 Å². The van der Waals surface area contributed by atoms with Crippen LogP contribution in [0, 0.1) is 5.82 Å². The van der Waals surface area contributed by atoms with Crippen LogP contribution in [-0.4, -0.2) is 27.5 Å². The van der Waals surface area contributed by atoms with E-state index in [4.69, 9.17) is 11.6 Å². The minimum atomic E-state index is -0.886. The zero-order chi connectivity index (χ0) is 15.7. The summed E-state index contributed by atoms with van der Waals surface area (Å²) in [4.78, 5) is 17.2. The van der Waals surface area contributed by atoms with E-state index in [0.717, 1.165) is 11.1 Å². The molecule has 3 rings (SSSR count). The van der Waals surface area contributed by atoms with Gasteiger partial charge >= 0.3 is 5.97 Å². The third-order valence-corrected chi connectivity index (χ3v) is 4.10. The van der Waals surface area contributed by atoms with Gasteiger partial charge in [-0.25, -0.2) is 4.39 Å². The van der Waals surface area contributed by atoms with Gasteiger partial charge in [0.25, 0.3) is 0 Å². The molecule has 22 heavy (non-hydrogen) atoms. The minimum absolute atomic E-state index is 0.337. The number of hydrogen-bond acceptors (Lipinski definition) is 3. The molecule has 114 valence electrons. The number of fused-ring (bicyclic) bond motifs is 1. The maximum Gasteiger partial charge on any atom is 0.312 e. The van der Waals surface area contributed by atoms with Crippen molar-refractivity contribution < 1.29 is 14.3 Å². The van der Waals surface area contributed by atoms with Crippen molar-refractivity contribution in [2.75, 3.05) is 6.54 Å². The van der Waals surface area contributed by atoms with Crippen LogP contribution in [0.1, 0.15) is 22.6 Å². The molecule has 6 heteroatoms. The number of rotatable bonds is 3. The van der Waals surface area contributed by atoms with Gasteiger partial charge in [0.1, 0.15) is 5.82 Å². The summed E-state index contributed by atoms with van der Waals surface area (Å²) in [6.07, 6.45) is 2.70. The molecule has 1 aliphatic rings. The fraction of sp³-hybridized carbons (Fsp3) is 0.250. The highest BCUT2D eigenvalue weighted by molar-refractivity contribution is 6.30. The van der Waals surface area contributed by atoms with E-state index < -0.39 is 11.9 Å². The molecule has 0 saturated heterocycles. The van der Waals surface area contributed by atoms with Crippen LogP contribution in [0.25, 0.3) is 0 Å². The van der Waals surface area contributed by atoms with E-state index in [1.165, 1.54) is 12.4 Å². The number of pyridine rings is 1. The van der Waals surface area contributed by atoms with Crippen LogP contribution in [0.15, 0.2) is 36.7 Å². The second-order valence-corrected chi connectivity index (χ2v) is 5.81. The molecule has 4 nitrogen and oxygen atoms in total. The maximum absolute atomic E-state index is 13.7. The smallest absolute Gasteiger partial charge is 0.312 e. The number of carboxylic acid groups (broad SMARTS) is 1. The molecule has 1 aromatic heterocycles. The molecule has 1 N–H and O–H groups in total. The summed E-state index contributed by atoms with van der Waals surface area (Å²) in [7, 11) is 0. The Balaban J connectivity index is 1.90. The largest absolute Gasteiger partial charge is 0.481 e. The van der Waals surface area contributed by atoms with E-state index in [0.29, 0.717) is 30.2 Å². The van der Waals surface area contributed by atoms with Crippen LogP contribution < -0.4 is 0 Å². The summed E-state index contributed by atoms with van der Waals surface area (Å²) in [6, 6.07) is 6.86. The second kappa shape index (κ2) is 6.02. The van der Waals surface area contributed by atoms with Crippen molar-refractivity contribution in [1.82, 2.24) is 9.88 Å². The lowest BCUT2D eigenvalue weighted by molar-refractivity contribution is -0.139. The first-order valence-corrected chi connectivity index (χ1v) is 7.24. The Bertz CT molecular complexity index is 723. The van der Waals surface area contributed by atoms with Gasteiger partial charge in [-0.05, 0) is 29.3 Å². The van der Waals surface area contributed by atoms with Crippen molar-refractivity contribution in [3.8, 4) is 0 Å². The Hall–Kier alpha value is -1.98. The van der Waals surface area contributed by atoms with Crippen LogP contribution >= 0.6 is 11.6 Å². The van der Waals surface area contributed by atoms with E-state index >= 15 is 0 Å². The monoisotopic (exact) mass is 320 g/mol. The lowest BCUT2D eigenvalue weighted by Crippen LogP contribution is -2.36. The molecule has 0 bridgehead atoms. The number of carboxylic acids is 1. The molecule has 0 amide bonds. The Labute approximate surface area is 132 Å². The molecular formula is C16H14ClFN2O2. The Morgan fingerprint density at radius 1 is 1.45 bits per heavy atom. The average Bonchev–Trinajstić information content (AvgIpc) is 2.48. The van der Waals surface area contributed by atoms with Gasteiger partial charge in [-0.3, -0.25) is 14.7 Å². The summed E-state index contributed by atoms with van der Waals surface area (Å²) in [5.41, 5.74) is 2.16. The van der Waals surface area contributed by atoms with Crippen LogP contribution in [0.3, 0.4) is 0 Å². The minimum Gasteiger partial charge on any atom is -0.481 e. The van der Waals surface area contributed by atoms with Crippen LogP contribution in [0.2, 0.25) is 5.02 Å². The molecule has 2 heterocycles. The van der Waals surface area contributed by atoms with Gasteiger partial charge in [-0.2, -0.15) is 0 Å². The SMILES string of the molecule is O=C(O)C1CN(Cc2ccncc2F)Cc2cc(Cl)ccc21. The highest BCUT2D eigenvalue weighted by atomic mass is 35.5. The lowest BCUT2D eigenvalue weighted by Gasteiger charge is -2.33. The van der Waals surface area contributed by atoms with Crippen molar-refractivity contribution in [3.63, 3.8) is 0 Å². The van der Waals surface area contributed by atoms with Crippen molar-refractivity contribution >= 4 is 17.6 Å². The van der Waals surface area contributed by atoms with E-state index in [2.05, 4.69) is 4.98 Å².